The summed E-state index contributed by atoms with van der Waals surface area (Å²) < 4.78 is 1.49. The maximum Gasteiger partial charge on any atom is 0.261 e. The molecule has 1 aromatic carbocycles. The van der Waals surface area contributed by atoms with Gasteiger partial charge in [-0.2, -0.15) is 5.26 Å². The Kier molecular flexibility index (Phi) is 3.16. The molecule has 1 heterocycles. The summed E-state index contributed by atoms with van der Waals surface area (Å²) in [5.41, 5.74) is 0.589. The number of benzene rings is 1. The number of para-hydroxylation sites is 1. The zero-order valence-electron chi connectivity index (χ0n) is 9.54. The second kappa shape index (κ2) is 4.60. The van der Waals surface area contributed by atoms with Gasteiger partial charge in [0.05, 0.1) is 22.2 Å². The van der Waals surface area contributed by atoms with Crippen LogP contribution in [0.5, 0.6) is 0 Å². The van der Waals surface area contributed by atoms with Crippen LogP contribution < -0.4 is 5.56 Å². The van der Waals surface area contributed by atoms with Crippen LogP contribution in [0, 0.1) is 11.3 Å². The molecule has 0 saturated carbocycles. The molecule has 0 aliphatic rings. The van der Waals surface area contributed by atoms with Crippen LogP contribution in [-0.4, -0.2) is 14.8 Å². The van der Waals surface area contributed by atoms with Crippen LogP contribution in [0.2, 0.25) is 0 Å². The van der Waals surface area contributed by atoms with Gasteiger partial charge in [-0.05, 0) is 19.1 Å². The molecule has 86 valence electrons. The average Bonchev–Trinajstić information content (AvgIpc) is 2.35. The van der Waals surface area contributed by atoms with Gasteiger partial charge in [-0.15, -0.1) is 0 Å². The molecule has 0 saturated heterocycles. The van der Waals surface area contributed by atoms with E-state index in [9.17, 15) is 4.79 Å². The van der Waals surface area contributed by atoms with Gasteiger partial charge in [0.25, 0.3) is 5.56 Å². The molecule has 0 unspecified atom stereocenters. The molecule has 0 fully saturated rings. The van der Waals surface area contributed by atoms with Crippen LogP contribution in [0.3, 0.4) is 0 Å². The van der Waals surface area contributed by atoms with Crippen LogP contribution in [0.25, 0.3) is 10.9 Å². The Morgan fingerprint density at radius 1 is 1.47 bits per heavy atom. The van der Waals surface area contributed by atoms with E-state index in [1.165, 1.54) is 16.3 Å². The number of hydrogen-bond acceptors (Lipinski definition) is 4. The summed E-state index contributed by atoms with van der Waals surface area (Å²) in [4.78, 5) is 16.4. The summed E-state index contributed by atoms with van der Waals surface area (Å²) in [5, 5.41) is 9.73. The zero-order chi connectivity index (χ0) is 12.4. The van der Waals surface area contributed by atoms with Gasteiger partial charge < -0.3 is 0 Å². The molecule has 5 heteroatoms. The standard InChI is InChI=1S/C12H11N3OS/c1-8(7-13)17-12-14-10-6-4-3-5-9(10)11(16)15(12)2/h3-6,8H,1-2H3/t8-/m0/s1. The number of fused-ring (bicyclic) bond motifs is 1. The summed E-state index contributed by atoms with van der Waals surface area (Å²) in [5.74, 6) is 0. The highest BCUT2D eigenvalue weighted by Gasteiger charge is 2.11. The number of aromatic nitrogens is 2. The van der Waals surface area contributed by atoms with Crippen molar-refractivity contribution in [3.63, 3.8) is 0 Å². The third-order valence-corrected chi connectivity index (χ3v) is 3.44. The van der Waals surface area contributed by atoms with Gasteiger partial charge in [0.15, 0.2) is 5.16 Å². The van der Waals surface area contributed by atoms with E-state index in [4.69, 9.17) is 5.26 Å². The summed E-state index contributed by atoms with van der Waals surface area (Å²) in [6.45, 7) is 1.78. The Morgan fingerprint density at radius 3 is 2.88 bits per heavy atom. The van der Waals surface area contributed by atoms with Crippen molar-refractivity contribution in [1.29, 1.82) is 5.26 Å². The maximum absolute atomic E-state index is 12.0. The van der Waals surface area contributed by atoms with Crippen molar-refractivity contribution in [3.05, 3.63) is 34.6 Å². The highest BCUT2D eigenvalue weighted by molar-refractivity contribution is 8.00. The van der Waals surface area contributed by atoms with E-state index in [2.05, 4.69) is 11.1 Å². The smallest absolute Gasteiger partial charge is 0.261 e. The minimum absolute atomic E-state index is 0.0803. The third-order valence-electron chi connectivity index (χ3n) is 2.41. The largest absolute Gasteiger partial charge is 0.290 e. The van der Waals surface area contributed by atoms with Crippen molar-refractivity contribution < 1.29 is 0 Å². The molecule has 2 aromatic rings. The predicted octanol–water partition coefficient (Wildman–Crippen LogP) is 1.94. The van der Waals surface area contributed by atoms with Gasteiger partial charge in [0.1, 0.15) is 0 Å². The lowest BCUT2D eigenvalue weighted by atomic mass is 10.2. The molecule has 0 radical (unpaired) electrons. The second-order valence-corrected chi connectivity index (χ2v) is 4.97. The van der Waals surface area contributed by atoms with Crippen LogP contribution >= 0.6 is 11.8 Å². The van der Waals surface area contributed by atoms with Crippen molar-refractivity contribution in [2.24, 2.45) is 7.05 Å². The Labute approximate surface area is 103 Å². The van der Waals surface area contributed by atoms with E-state index in [0.29, 0.717) is 16.1 Å². The number of hydrogen-bond donors (Lipinski definition) is 0. The van der Waals surface area contributed by atoms with Crippen LogP contribution in [0.1, 0.15) is 6.92 Å². The van der Waals surface area contributed by atoms with Crippen LogP contribution in [0.4, 0.5) is 0 Å². The molecule has 1 atom stereocenters. The molecular weight excluding hydrogens is 234 g/mol. The van der Waals surface area contributed by atoms with Crippen LogP contribution in [-0.2, 0) is 7.05 Å². The summed E-state index contributed by atoms with van der Waals surface area (Å²) in [7, 11) is 1.67. The third kappa shape index (κ3) is 2.17. The molecule has 4 nitrogen and oxygen atoms in total. The Balaban J connectivity index is 2.63. The molecule has 2 rings (SSSR count). The van der Waals surface area contributed by atoms with Crippen molar-refractivity contribution in [1.82, 2.24) is 9.55 Å². The fraction of sp³-hybridized carbons (Fsp3) is 0.250. The minimum atomic E-state index is -0.228. The van der Waals surface area contributed by atoms with Crippen LogP contribution in [0.15, 0.2) is 34.2 Å². The quantitative estimate of drug-likeness (QED) is 0.599. The maximum atomic E-state index is 12.0. The van der Waals surface area contributed by atoms with Crippen molar-refractivity contribution in [2.75, 3.05) is 0 Å². The molecule has 0 N–H and O–H groups in total. The Morgan fingerprint density at radius 2 is 2.18 bits per heavy atom. The van der Waals surface area contributed by atoms with Gasteiger partial charge in [0, 0.05) is 7.05 Å². The van der Waals surface area contributed by atoms with Gasteiger partial charge in [-0.3, -0.25) is 9.36 Å². The fourth-order valence-corrected chi connectivity index (χ4v) is 2.25. The summed E-state index contributed by atoms with van der Waals surface area (Å²) in [6, 6.07) is 9.34. The average molecular weight is 245 g/mol. The first-order valence-corrected chi connectivity index (χ1v) is 6.03. The molecule has 0 aliphatic carbocycles. The molecule has 17 heavy (non-hydrogen) atoms. The van der Waals surface area contributed by atoms with Crippen molar-refractivity contribution >= 4 is 22.7 Å². The lowest BCUT2D eigenvalue weighted by Crippen LogP contribution is -2.20. The highest BCUT2D eigenvalue weighted by Crippen LogP contribution is 2.20. The summed E-state index contributed by atoms with van der Waals surface area (Å²) in [6.07, 6.45) is 0. The highest BCUT2D eigenvalue weighted by atomic mass is 32.2. The fourth-order valence-electron chi connectivity index (χ4n) is 1.49. The van der Waals surface area contributed by atoms with E-state index in [1.54, 1.807) is 26.1 Å². The predicted molar refractivity (Wildman–Crippen MR) is 67.9 cm³/mol. The summed E-state index contributed by atoms with van der Waals surface area (Å²) >= 11 is 1.29. The molecule has 0 spiro atoms. The van der Waals surface area contributed by atoms with E-state index < -0.39 is 0 Å². The molecule has 0 amide bonds. The topological polar surface area (TPSA) is 58.7 Å². The molecule has 0 aliphatic heterocycles. The van der Waals surface area contributed by atoms with Gasteiger partial charge in [0.2, 0.25) is 0 Å². The normalized spacial score (nSPS) is 12.3. The van der Waals surface area contributed by atoms with Gasteiger partial charge in [-0.1, -0.05) is 23.9 Å². The van der Waals surface area contributed by atoms with Crippen molar-refractivity contribution in [2.45, 2.75) is 17.3 Å². The lowest BCUT2D eigenvalue weighted by molar-refractivity contribution is 0.725. The lowest BCUT2D eigenvalue weighted by Gasteiger charge is -2.08. The van der Waals surface area contributed by atoms with Crippen molar-refractivity contribution in [3.8, 4) is 6.07 Å². The Bertz CT molecular complexity index is 657. The first-order valence-electron chi connectivity index (χ1n) is 5.15. The second-order valence-electron chi connectivity index (χ2n) is 3.66. The van der Waals surface area contributed by atoms with E-state index in [-0.39, 0.29) is 10.8 Å². The van der Waals surface area contributed by atoms with E-state index in [1.807, 2.05) is 12.1 Å². The van der Waals surface area contributed by atoms with Gasteiger partial charge >= 0.3 is 0 Å². The van der Waals surface area contributed by atoms with Gasteiger partial charge in [-0.25, -0.2) is 4.98 Å². The molecule has 0 bridgehead atoms. The molecule has 1 aromatic heterocycles. The Hall–Kier alpha value is -1.80. The SMILES string of the molecule is C[C@@H](C#N)Sc1nc2ccccc2c(=O)n1C. The van der Waals surface area contributed by atoms with E-state index in [0.717, 1.165) is 0 Å². The minimum Gasteiger partial charge on any atom is -0.290 e. The number of nitrogens with zero attached hydrogens (tertiary/aromatic N) is 3. The monoisotopic (exact) mass is 245 g/mol. The number of nitriles is 1. The number of thioether (sulfide) groups is 1. The molecular formula is C12H11N3OS. The van der Waals surface area contributed by atoms with E-state index >= 15 is 0 Å². The first-order chi connectivity index (χ1) is 8.13. The zero-order valence-corrected chi connectivity index (χ0v) is 10.4. The first kappa shape index (κ1) is 11.7. The number of rotatable bonds is 2.